The van der Waals surface area contributed by atoms with Crippen molar-refractivity contribution >= 4 is 5.91 Å². The summed E-state index contributed by atoms with van der Waals surface area (Å²) in [5, 5.41) is 7.60. The summed E-state index contributed by atoms with van der Waals surface area (Å²) in [6, 6.07) is 6.33. The van der Waals surface area contributed by atoms with Crippen LogP contribution in [0.15, 0.2) is 36.7 Å². The Labute approximate surface area is 158 Å². The van der Waals surface area contributed by atoms with Crippen LogP contribution in [0, 0.1) is 11.7 Å². The van der Waals surface area contributed by atoms with Crippen LogP contribution in [-0.4, -0.2) is 52.9 Å². The summed E-state index contributed by atoms with van der Waals surface area (Å²) < 4.78 is 21.0. The molecule has 0 bridgehead atoms. The molecule has 2 saturated heterocycles. The minimum atomic E-state index is -0.271. The van der Waals surface area contributed by atoms with Crippen molar-refractivity contribution in [3.63, 3.8) is 0 Å². The highest BCUT2D eigenvalue weighted by Gasteiger charge is 2.39. The Bertz CT molecular complexity index is 807. The van der Waals surface area contributed by atoms with Gasteiger partial charge in [-0.2, -0.15) is 5.10 Å². The third kappa shape index (κ3) is 3.75. The number of amides is 1. The maximum absolute atomic E-state index is 13.3. The maximum atomic E-state index is 13.3. The molecule has 2 aromatic rings. The Hall–Kier alpha value is -2.25. The molecule has 0 saturated carbocycles. The molecule has 4 atom stereocenters. The molecule has 144 valence electrons. The van der Waals surface area contributed by atoms with Gasteiger partial charge in [-0.15, -0.1) is 0 Å². The number of aryl methyl sites for hydroxylation is 1. The molecule has 0 aliphatic carbocycles. The lowest BCUT2D eigenvalue weighted by atomic mass is 9.89. The highest BCUT2D eigenvalue weighted by molar-refractivity contribution is 5.81. The van der Waals surface area contributed by atoms with Crippen LogP contribution >= 0.6 is 0 Å². The lowest BCUT2D eigenvalue weighted by molar-refractivity contribution is -0.149. The van der Waals surface area contributed by atoms with E-state index in [1.807, 2.05) is 31.3 Å². The van der Waals surface area contributed by atoms with Crippen molar-refractivity contribution in [2.24, 2.45) is 13.0 Å². The smallest absolute Gasteiger partial charge is 0.227 e. The molecule has 2 unspecified atom stereocenters. The topological polar surface area (TPSA) is 59.4 Å². The number of halogens is 1. The molecule has 0 radical (unpaired) electrons. The first-order chi connectivity index (χ1) is 13.0. The van der Waals surface area contributed by atoms with Crippen molar-refractivity contribution in [2.75, 3.05) is 26.2 Å². The molecule has 1 N–H and O–H groups in total. The number of carbonyl (C=O) groups excluding carboxylic acids is 1. The molecule has 7 heteroatoms. The molecule has 3 heterocycles. The number of ether oxygens (including phenoxy) is 1. The molecule has 4 rings (SSSR count). The number of benzene rings is 1. The van der Waals surface area contributed by atoms with Crippen LogP contribution in [0.1, 0.15) is 30.1 Å². The van der Waals surface area contributed by atoms with Crippen molar-refractivity contribution in [3.8, 4) is 0 Å². The van der Waals surface area contributed by atoms with Gasteiger partial charge < -0.3 is 15.0 Å². The molecule has 2 aliphatic heterocycles. The standard InChI is InChI=1S/C20H25FN4O2/c1-13-10-25(12-19(27-13)14-3-5-16(21)6-4-14)20(26)18-9-22-8-17(18)15-7-23-24(2)11-15/h3-7,11,13,17-19,22H,8-10,12H2,1-2H3/t13?,17-,18+,19?/m1/s1. The van der Waals surface area contributed by atoms with E-state index in [4.69, 9.17) is 4.74 Å². The van der Waals surface area contributed by atoms with Gasteiger partial charge in [-0.05, 0) is 30.2 Å². The number of nitrogens with one attached hydrogen (secondary N) is 1. The third-order valence-corrected chi connectivity index (χ3v) is 5.50. The van der Waals surface area contributed by atoms with Gasteiger partial charge in [0.25, 0.3) is 0 Å². The zero-order valence-electron chi connectivity index (χ0n) is 15.6. The van der Waals surface area contributed by atoms with Crippen molar-refractivity contribution < 1.29 is 13.9 Å². The van der Waals surface area contributed by atoms with E-state index in [2.05, 4.69) is 10.4 Å². The minimum absolute atomic E-state index is 0.0658. The number of hydrogen-bond acceptors (Lipinski definition) is 4. The van der Waals surface area contributed by atoms with Crippen molar-refractivity contribution in [3.05, 3.63) is 53.6 Å². The number of carbonyl (C=O) groups is 1. The van der Waals surface area contributed by atoms with Crippen LogP contribution in [0.25, 0.3) is 0 Å². The molecule has 6 nitrogen and oxygen atoms in total. The monoisotopic (exact) mass is 372 g/mol. The second-order valence-corrected chi connectivity index (χ2v) is 7.55. The van der Waals surface area contributed by atoms with Gasteiger partial charge in [0.05, 0.1) is 24.8 Å². The second-order valence-electron chi connectivity index (χ2n) is 7.55. The van der Waals surface area contributed by atoms with E-state index in [1.165, 1.54) is 12.1 Å². The molecule has 1 amide bonds. The largest absolute Gasteiger partial charge is 0.367 e. The number of rotatable bonds is 3. The van der Waals surface area contributed by atoms with E-state index in [0.717, 1.165) is 17.7 Å². The fraction of sp³-hybridized carbons (Fsp3) is 0.500. The Morgan fingerprint density at radius 3 is 2.70 bits per heavy atom. The van der Waals surface area contributed by atoms with Crippen LogP contribution in [0.3, 0.4) is 0 Å². The van der Waals surface area contributed by atoms with E-state index in [9.17, 15) is 9.18 Å². The molecule has 1 aromatic carbocycles. The fourth-order valence-corrected chi connectivity index (χ4v) is 4.15. The van der Waals surface area contributed by atoms with Gasteiger partial charge in [-0.3, -0.25) is 9.48 Å². The van der Waals surface area contributed by atoms with E-state index >= 15 is 0 Å². The van der Waals surface area contributed by atoms with Gasteiger partial charge in [-0.1, -0.05) is 12.1 Å². The normalized spacial score (nSPS) is 28.5. The molecule has 1 aromatic heterocycles. The van der Waals surface area contributed by atoms with Crippen molar-refractivity contribution in [2.45, 2.75) is 25.0 Å². The third-order valence-electron chi connectivity index (χ3n) is 5.50. The maximum Gasteiger partial charge on any atom is 0.227 e. The summed E-state index contributed by atoms with van der Waals surface area (Å²) in [5.41, 5.74) is 1.99. The van der Waals surface area contributed by atoms with Crippen molar-refractivity contribution in [1.29, 1.82) is 0 Å². The van der Waals surface area contributed by atoms with Gasteiger partial charge in [0, 0.05) is 38.8 Å². The zero-order valence-corrected chi connectivity index (χ0v) is 15.6. The Morgan fingerprint density at radius 2 is 2.00 bits per heavy atom. The highest BCUT2D eigenvalue weighted by Crippen LogP contribution is 2.32. The minimum Gasteiger partial charge on any atom is -0.367 e. The highest BCUT2D eigenvalue weighted by atomic mass is 19.1. The zero-order chi connectivity index (χ0) is 19.0. The first-order valence-electron chi connectivity index (χ1n) is 9.40. The molecular weight excluding hydrogens is 347 g/mol. The molecule has 2 aliphatic rings. The first kappa shape index (κ1) is 18.1. The number of nitrogens with zero attached hydrogens (tertiary/aromatic N) is 3. The summed E-state index contributed by atoms with van der Waals surface area (Å²) >= 11 is 0. The Morgan fingerprint density at radius 1 is 1.22 bits per heavy atom. The Balaban J connectivity index is 1.51. The van der Waals surface area contributed by atoms with Gasteiger partial charge in [0.1, 0.15) is 11.9 Å². The lowest BCUT2D eigenvalue weighted by Gasteiger charge is -2.38. The quantitative estimate of drug-likeness (QED) is 0.893. The van der Waals surface area contributed by atoms with Crippen LogP contribution in [0.5, 0.6) is 0 Å². The van der Waals surface area contributed by atoms with Crippen LogP contribution in [-0.2, 0) is 16.6 Å². The summed E-state index contributed by atoms with van der Waals surface area (Å²) in [6.07, 6.45) is 3.54. The predicted molar refractivity (Wildman–Crippen MR) is 98.6 cm³/mol. The van der Waals surface area contributed by atoms with Crippen molar-refractivity contribution in [1.82, 2.24) is 20.0 Å². The molecule has 0 spiro atoms. The van der Waals surface area contributed by atoms with Crippen LogP contribution in [0.2, 0.25) is 0 Å². The number of hydrogen-bond donors (Lipinski definition) is 1. The second kappa shape index (κ2) is 7.40. The average Bonchev–Trinajstić information content (AvgIpc) is 3.30. The number of morpholine rings is 1. The van der Waals surface area contributed by atoms with Crippen LogP contribution < -0.4 is 5.32 Å². The van der Waals surface area contributed by atoms with E-state index in [1.54, 1.807) is 16.8 Å². The molecule has 27 heavy (non-hydrogen) atoms. The van der Waals surface area contributed by atoms with Gasteiger partial charge in [0.15, 0.2) is 0 Å². The van der Waals surface area contributed by atoms with Gasteiger partial charge in [-0.25, -0.2) is 4.39 Å². The van der Waals surface area contributed by atoms with Gasteiger partial charge >= 0.3 is 0 Å². The average molecular weight is 372 g/mol. The SMILES string of the molecule is CC1CN(C(=O)[C@H]2CNC[C@@H]2c2cnn(C)c2)CC(c2ccc(F)cc2)O1. The van der Waals surface area contributed by atoms with Gasteiger partial charge in [0.2, 0.25) is 5.91 Å². The fourth-order valence-electron chi connectivity index (χ4n) is 4.15. The molecule has 2 fully saturated rings. The lowest BCUT2D eigenvalue weighted by Crippen LogP contribution is -2.49. The van der Waals surface area contributed by atoms with E-state index in [-0.39, 0.29) is 35.8 Å². The first-order valence-corrected chi connectivity index (χ1v) is 9.40. The number of aromatic nitrogens is 2. The summed E-state index contributed by atoms with van der Waals surface area (Å²) in [4.78, 5) is 15.2. The summed E-state index contributed by atoms with van der Waals surface area (Å²) in [6.45, 7) is 4.49. The van der Waals surface area contributed by atoms with Crippen LogP contribution in [0.4, 0.5) is 4.39 Å². The van der Waals surface area contributed by atoms with E-state index < -0.39 is 0 Å². The predicted octanol–water partition coefficient (Wildman–Crippen LogP) is 1.85. The summed E-state index contributed by atoms with van der Waals surface area (Å²) in [5.74, 6) is -0.0926. The Kier molecular flexibility index (Phi) is 4.97. The van der Waals surface area contributed by atoms with E-state index in [0.29, 0.717) is 19.6 Å². The summed E-state index contributed by atoms with van der Waals surface area (Å²) in [7, 11) is 1.89. The molecular formula is C20H25FN4O2.